The van der Waals surface area contributed by atoms with Gasteiger partial charge in [0.25, 0.3) is 5.91 Å². The van der Waals surface area contributed by atoms with Crippen LogP contribution in [0.2, 0.25) is 0 Å². The topological polar surface area (TPSA) is 78.5 Å². The van der Waals surface area contributed by atoms with Gasteiger partial charge in [-0.2, -0.15) is 0 Å². The van der Waals surface area contributed by atoms with Crippen molar-refractivity contribution in [2.45, 2.75) is 64.3 Å². The zero-order valence-electron chi connectivity index (χ0n) is 18.6. The van der Waals surface area contributed by atoms with E-state index in [1.165, 1.54) is 38.5 Å². The van der Waals surface area contributed by atoms with Crippen LogP contribution in [-0.2, 0) is 15.1 Å². The summed E-state index contributed by atoms with van der Waals surface area (Å²) in [4.78, 5) is 39.1. The number of rotatable bonds is 6. The van der Waals surface area contributed by atoms with Crippen LogP contribution in [0.5, 0.6) is 0 Å². The number of urea groups is 1. The Labute approximate surface area is 184 Å². The monoisotopic (exact) mass is 423 g/mol. The average molecular weight is 424 g/mol. The second-order valence-electron chi connectivity index (χ2n) is 10.8. The van der Waals surface area contributed by atoms with Gasteiger partial charge >= 0.3 is 6.03 Å². The molecule has 1 heterocycles. The fraction of sp³-hybridized carbons (Fsp3) is 0.640. The first-order chi connectivity index (χ1) is 14.8. The highest BCUT2D eigenvalue weighted by atomic mass is 16.2. The van der Waals surface area contributed by atoms with Crippen molar-refractivity contribution in [1.29, 1.82) is 0 Å². The third kappa shape index (κ3) is 3.64. The summed E-state index contributed by atoms with van der Waals surface area (Å²) in [5.74, 6) is 2.05. The Balaban J connectivity index is 1.17. The summed E-state index contributed by atoms with van der Waals surface area (Å²) in [7, 11) is 0. The lowest BCUT2D eigenvalue weighted by Gasteiger charge is -2.57. The van der Waals surface area contributed by atoms with Gasteiger partial charge in [0.2, 0.25) is 5.91 Å². The van der Waals surface area contributed by atoms with Crippen LogP contribution in [0.25, 0.3) is 0 Å². The van der Waals surface area contributed by atoms with Gasteiger partial charge in [0.15, 0.2) is 0 Å². The number of hydrogen-bond donors (Lipinski definition) is 2. The summed E-state index contributed by atoms with van der Waals surface area (Å²) in [6, 6.07) is 7.02. The van der Waals surface area contributed by atoms with Crippen molar-refractivity contribution in [3.05, 3.63) is 35.4 Å². The number of benzene rings is 1. The molecule has 31 heavy (non-hydrogen) atoms. The Hall–Kier alpha value is -2.37. The van der Waals surface area contributed by atoms with Crippen LogP contribution < -0.4 is 10.6 Å². The zero-order valence-corrected chi connectivity index (χ0v) is 18.6. The van der Waals surface area contributed by atoms with Gasteiger partial charge in [-0.3, -0.25) is 14.5 Å². The molecule has 4 bridgehead atoms. The summed E-state index contributed by atoms with van der Waals surface area (Å²) in [6.45, 7) is 4.07. The third-order valence-electron chi connectivity index (χ3n) is 8.35. The van der Waals surface area contributed by atoms with E-state index in [1.807, 2.05) is 31.2 Å². The number of hydrogen-bond acceptors (Lipinski definition) is 3. The van der Waals surface area contributed by atoms with Crippen molar-refractivity contribution in [3.8, 4) is 0 Å². The molecule has 1 unspecified atom stereocenters. The molecule has 0 radical (unpaired) electrons. The predicted octanol–water partition coefficient (Wildman–Crippen LogP) is 3.48. The second kappa shape index (κ2) is 7.35. The van der Waals surface area contributed by atoms with Gasteiger partial charge in [0.05, 0.1) is 0 Å². The van der Waals surface area contributed by atoms with Crippen molar-refractivity contribution in [3.63, 3.8) is 0 Å². The Kier molecular flexibility index (Phi) is 4.87. The fourth-order valence-electron chi connectivity index (χ4n) is 7.19. The molecule has 0 aromatic heterocycles. The fourth-order valence-corrected chi connectivity index (χ4v) is 7.19. The van der Waals surface area contributed by atoms with Crippen LogP contribution in [0.1, 0.15) is 63.0 Å². The molecule has 2 N–H and O–H groups in total. The maximum absolute atomic E-state index is 13.0. The summed E-state index contributed by atoms with van der Waals surface area (Å²) in [5.41, 5.74) is 1.08. The minimum Gasteiger partial charge on any atom is -0.355 e. The molecule has 1 aliphatic heterocycles. The lowest BCUT2D eigenvalue weighted by Crippen LogP contribution is -2.48. The van der Waals surface area contributed by atoms with Crippen molar-refractivity contribution in [2.75, 3.05) is 13.1 Å². The van der Waals surface area contributed by atoms with E-state index in [1.54, 1.807) is 6.92 Å². The molecule has 6 heteroatoms. The number of imide groups is 1. The highest BCUT2D eigenvalue weighted by Gasteiger charge is 2.51. The average Bonchev–Trinajstić information content (AvgIpc) is 2.91. The van der Waals surface area contributed by atoms with Gasteiger partial charge in [-0.1, -0.05) is 29.8 Å². The van der Waals surface area contributed by atoms with Gasteiger partial charge in [-0.15, -0.1) is 0 Å². The molecule has 4 saturated carbocycles. The van der Waals surface area contributed by atoms with E-state index >= 15 is 0 Å². The van der Waals surface area contributed by atoms with E-state index in [-0.39, 0.29) is 18.4 Å². The summed E-state index contributed by atoms with van der Waals surface area (Å²) >= 11 is 0. The number of nitrogens with one attached hydrogen (secondary N) is 2. The molecule has 1 atom stereocenters. The summed E-state index contributed by atoms with van der Waals surface area (Å²) in [5, 5.41) is 5.76. The lowest BCUT2D eigenvalue weighted by molar-refractivity contribution is -0.134. The van der Waals surface area contributed by atoms with Crippen LogP contribution >= 0.6 is 0 Å². The maximum Gasteiger partial charge on any atom is 0.325 e. The molecule has 6 nitrogen and oxygen atoms in total. The molecular weight excluding hydrogens is 390 g/mol. The molecule has 1 aromatic rings. The van der Waals surface area contributed by atoms with E-state index in [9.17, 15) is 14.4 Å². The number of nitrogens with zero attached hydrogens (tertiary/aromatic N) is 1. The van der Waals surface area contributed by atoms with E-state index in [4.69, 9.17) is 0 Å². The van der Waals surface area contributed by atoms with Crippen LogP contribution in [0, 0.1) is 30.1 Å². The van der Waals surface area contributed by atoms with Crippen LogP contribution in [-0.4, -0.2) is 35.8 Å². The van der Waals surface area contributed by atoms with Crippen molar-refractivity contribution in [2.24, 2.45) is 23.2 Å². The number of carbonyl (C=O) groups excluding carboxylic acids is 3. The van der Waals surface area contributed by atoms with Gasteiger partial charge in [-0.05, 0) is 87.5 Å². The Morgan fingerprint density at radius 2 is 1.65 bits per heavy atom. The van der Waals surface area contributed by atoms with E-state index in [2.05, 4.69) is 10.6 Å². The Bertz CT molecular complexity index is 874. The smallest absolute Gasteiger partial charge is 0.325 e. The standard InChI is InChI=1S/C25H33N3O3/c1-16-3-5-20(6-4-16)24(2)22(30)28(23(31)27-24)15-21(29)26-8-7-25-12-17-9-18(13-25)11-19(10-17)14-25/h3-6,17-19H,7-15H2,1-2H3,(H,26,29)(H,27,31). The molecule has 5 aliphatic rings. The van der Waals surface area contributed by atoms with Crippen LogP contribution in [0.15, 0.2) is 24.3 Å². The highest BCUT2D eigenvalue weighted by molar-refractivity contribution is 6.09. The van der Waals surface area contributed by atoms with Crippen molar-refractivity contribution in [1.82, 2.24) is 15.5 Å². The molecular formula is C25H33N3O3. The number of carbonyl (C=O) groups is 3. The molecule has 4 amide bonds. The molecule has 0 spiro atoms. The highest BCUT2D eigenvalue weighted by Crippen LogP contribution is 2.61. The molecule has 1 saturated heterocycles. The predicted molar refractivity (Wildman–Crippen MR) is 117 cm³/mol. The van der Waals surface area contributed by atoms with E-state index in [0.29, 0.717) is 12.0 Å². The number of aryl methyl sites for hydroxylation is 1. The zero-order chi connectivity index (χ0) is 21.8. The van der Waals surface area contributed by atoms with E-state index in [0.717, 1.165) is 40.2 Å². The van der Waals surface area contributed by atoms with Gasteiger partial charge in [-0.25, -0.2) is 4.79 Å². The molecule has 5 fully saturated rings. The number of amides is 4. The Morgan fingerprint density at radius 3 is 2.23 bits per heavy atom. The summed E-state index contributed by atoms with van der Waals surface area (Å²) in [6.07, 6.45) is 9.21. The van der Waals surface area contributed by atoms with Crippen molar-refractivity contribution >= 4 is 17.8 Å². The molecule has 6 rings (SSSR count). The normalized spacial score (nSPS) is 36.1. The van der Waals surface area contributed by atoms with Crippen LogP contribution in [0.3, 0.4) is 0 Å². The first-order valence-corrected chi connectivity index (χ1v) is 11.7. The maximum atomic E-state index is 13.0. The van der Waals surface area contributed by atoms with Gasteiger partial charge in [0, 0.05) is 6.54 Å². The minimum atomic E-state index is -1.13. The van der Waals surface area contributed by atoms with Crippen LogP contribution in [0.4, 0.5) is 4.79 Å². The Morgan fingerprint density at radius 1 is 1.06 bits per heavy atom. The third-order valence-corrected chi connectivity index (χ3v) is 8.35. The molecule has 1 aromatic carbocycles. The van der Waals surface area contributed by atoms with Gasteiger partial charge < -0.3 is 10.6 Å². The first kappa shape index (κ1) is 20.5. The molecule has 166 valence electrons. The van der Waals surface area contributed by atoms with E-state index < -0.39 is 11.6 Å². The summed E-state index contributed by atoms with van der Waals surface area (Å²) < 4.78 is 0. The minimum absolute atomic E-state index is 0.229. The van der Waals surface area contributed by atoms with Gasteiger partial charge in [0.1, 0.15) is 12.1 Å². The second-order valence-corrected chi connectivity index (χ2v) is 10.8. The largest absolute Gasteiger partial charge is 0.355 e. The van der Waals surface area contributed by atoms with Crippen molar-refractivity contribution < 1.29 is 14.4 Å². The quantitative estimate of drug-likeness (QED) is 0.688. The lowest BCUT2D eigenvalue weighted by atomic mass is 9.49. The SMILES string of the molecule is Cc1ccc(C2(C)NC(=O)N(CC(=O)NCCC34CC5CC(CC(C5)C3)C4)C2=O)cc1. The first-order valence-electron chi connectivity index (χ1n) is 11.7. The molecule has 4 aliphatic carbocycles.